The maximum absolute atomic E-state index is 11.6. The predicted molar refractivity (Wildman–Crippen MR) is 98.7 cm³/mol. The van der Waals surface area contributed by atoms with Crippen molar-refractivity contribution in [1.82, 2.24) is 9.55 Å². The van der Waals surface area contributed by atoms with Crippen molar-refractivity contribution in [3.8, 4) is 5.69 Å². The lowest BCUT2D eigenvalue weighted by Crippen LogP contribution is -2.19. The summed E-state index contributed by atoms with van der Waals surface area (Å²) in [6, 6.07) is 19.4. The molecule has 3 aromatic rings. The molecule has 6 nitrogen and oxygen atoms in total. The Morgan fingerprint density at radius 1 is 1.12 bits per heavy atom. The van der Waals surface area contributed by atoms with Crippen molar-refractivity contribution in [3.63, 3.8) is 0 Å². The van der Waals surface area contributed by atoms with Crippen LogP contribution in [0.15, 0.2) is 72.0 Å². The number of nitrogens with one attached hydrogen (secondary N) is 1. The number of amides is 1. The van der Waals surface area contributed by atoms with E-state index in [0.29, 0.717) is 18.1 Å². The van der Waals surface area contributed by atoms with Gasteiger partial charge < -0.3 is 11.1 Å². The lowest BCUT2D eigenvalue weighted by atomic mass is 10.2. The first-order valence-corrected chi connectivity index (χ1v) is 7.89. The van der Waals surface area contributed by atoms with Gasteiger partial charge >= 0.3 is 0 Å². The Balaban J connectivity index is 1.95. The van der Waals surface area contributed by atoms with Crippen LogP contribution in [0, 0.1) is 0 Å². The van der Waals surface area contributed by atoms with Gasteiger partial charge in [-0.15, -0.1) is 0 Å². The van der Waals surface area contributed by atoms with Crippen molar-refractivity contribution in [2.75, 3.05) is 5.32 Å². The number of hydrogen-bond acceptors (Lipinski definition) is 3. The number of carbonyl (C=O) groups excluding carboxylic acids is 1. The Hall–Kier alpha value is -3.41. The highest BCUT2D eigenvalue weighted by Crippen LogP contribution is 2.20. The summed E-state index contributed by atoms with van der Waals surface area (Å²) in [5, 5.41) is 2.80. The van der Waals surface area contributed by atoms with Crippen molar-refractivity contribution in [3.05, 3.63) is 78.2 Å². The van der Waals surface area contributed by atoms with Gasteiger partial charge in [0.05, 0.1) is 6.54 Å². The van der Waals surface area contributed by atoms with Gasteiger partial charge in [0.25, 0.3) is 0 Å². The number of nitrogens with two attached hydrogens (primary N) is 1. The molecule has 1 heterocycles. The number of para-hydroxylation sites is 1. The second kappa shape index (κ2) is 7.44. The lowest BCUT2D eigenvalue weighted by molar-refractivity contribution is -0.114. The molecular formula is C19H19N5O. The normalized spacial score (nSPS) is 11.3. The topological polar surface area (TPSA) is 85.3 Å². The smallest absolute Gasteiger partial charge is 0.222 e. The lowest BCUT2D eigenvalue weighted by Gasteiger charge is -2.10. The number of carbonyl (C=O) groups is 1. The molecule has 0 aliphatic rings. The molecule has 3 rings (SSSR count). The first kappa shape index (κ1) is 16.4. The number of benzene rings is 2. The van der Waals surface area contributed by atoms with Crippen LogP contribution >= 0.6 is 0 Å². The Labute approximate surface area is 146 Å². The quantitative estimate of drug-likeness (QED) is 0.556. The third-order valence-electron chi connectivity index (χ3n) is 3.61. The van der Waals surface area contributed by atoms with E-state index in [4.69, 9.17) is 5.73 Å². The zero-order valence-electron chi connectivity index (χ0n) is 13.9. The number of nitrogens with zero attached hydrogens (tertiary/aromatic N) is 3. The van der Waals surface area contributed by atoms with Crippen LogP contribution in [-0.4, -0.2) is 21.3 Å². The third-order valence-corrected chi connectivity index (χ3v) is 3.61. The fraction of sp³-hybridized carbons (Fsp3) is 0.105. The number of anilines is 1. The monoisotopic (exact) mass is 333 g/mol. The molecule has 0 aliphatic carbocycles. The average molecular weight is 333 g/mol. The molecule has 0 bridgehead atoms. The minimum Gasteiger partial charge on any atom is -0.382 e. The number of hydrogen-bond donors (Lipinski definition) is 2. The summed E-state index contributed by atoms with van der Waals surface area (Å²) < 4.78 is 1.78. The van der Waals surface area contributed by atoms with Gasteiger partial charge in [-0.25, -0.2) is 4.98 Å². The summed E-state index contributed by atoms with van der Waals surface area (Å²) in [7, 11) is 0. The van der Waals surface area contributed by atoms with Gasteiger partial charge in [0, 0.05) is 12.6 Å². The summed E-state index contributed by atoms with van der Waals surface area (Å²) in [6.45, 7) is 1.90. The molecule has 0 spiro atoms. The predicted octanol–water partition coefficient (Wildman–Crippen LogP) is 2.74. The molecule has 0 atom stereocenters. The standard InChI is InChI=1S/C19H19N5O/c1-14(25)23-19-17(18(20)21-12-15-8-4-2-5-9-15)22-13-24(19)16-10-6-3-7-11-16/h2-11,13H,12H2,1H3,(H2,20,21)(H,23,25). The molecular weight excluding hydrogens is 314 g/mol. The largest absolute Gasteiger partial charge is 0.382 e. The van der Waals surface area contributed by atoms with Crippen LogP contribution in [0.1, 0.15) is 18.2 Å². The van der Waals surface area contributed by atoms with E-state index >= 15 is 0 Å². The fourth-order valence-corrected chi connectivity index (χ4v) is 2.44. The second-order valence-electron chi connectivity index (χ2n) is 5.52. The molecule has 0 unspecified atom stereocenters. The number of amidine groups is 1. The van der Waals surface area contributed by atoms with Gasteiger partial charge in [0.15, 0.2) is 0 Å². The van der Waals surface area contributed by atoms with Gasteiger partial charge in [-0.05, 0) is 17.7 Å². The maximum atomic E-state index is 11.6. The number of rotatable bonds is 5. The molecule has 1 amide bonds. The Morgan fingerprint density at radius 3 is 2.40 bits per heavy atom. The SMILES string of the molecule is CC(=O)Nc1c(C(N)=NCc2ccccc2)ncn1-c1ccccc1. The van der Waals surface area contributed by atoms with E-state index in [-0.39, 0.29) is 11.7 Å². The van der Waals surface area contributed by atoms with Crippen LogP contribution in [0.2, 0.25) is 0 Å². The summed E-state index contributed by atoms with van der Waals surface area (Å²) in [6.07, 6.45) is 1.63. The van der Waals surface area contributed by atoms with Gasteiger partial charge in [-0.3, -0.25) is 14.4 Å². The first-order chi connectivity index (χ1) is 12.1. The van der Waals surface area contributed by atoms with Crippen molar-refractivity contribution in [1.29, 1.82) is 0 Å². The van der Waals surface area contributed by atoms with Crippen molar-refractivity contribution >= 4 is 17.6 Å². The molecule has 0 fully saturated rings. The van der Waals surface area contributed by atoms with Gasteiger partial charge in [-0.2, -0.15) is 0 Å². The van der Waals surface area contributed by atoms with Crippen LogP contribution in [0.4, 0.5) is 5.82 Å². The molecule has 126 valence electrons. The molecule has 0 saturated carbocycles. The van der Waals surface area contributed by atoms with Crippen LogP contribution in [0.3, 0.4) is 0 Å². The molecule has 6 heteroatoms. The molecule has 2 aromatic carbocycles. The van der Waals surface area contributed by atoms with Crippen molar-refractivity contribution < 1.29 is 4.79 Å². The van der Waals surface area contributed by atoms with E-state index < -0.39 is 0 Å². The maximum Gasteiger partial charge on any atom is 0.222 e. The highest BCUT2D eigenvalue weighted by molar-refractivity contribution is 6.03. The van der Waals surface area contributed by atoms with E-state index in [9.17, 15) is 4.79 Å². The van der Waals surface area contributed by atoms with Crippen LogP contribution < -0.4 is 11.1 Å². The van der Waals surface area contributed by atoms with E-state index in [1.165, 1.54) is 6.92 Å². The summed E-state index contributed by atoms with van der Waals surface area (Å²) >= 11 is 0. The van der Waals surface area contributed by atoms with E-state index in [1.54, 1.807) is 10.9 Å². The van der Waals surface area contributed by atoms with Crippen LogP contribution in [0.5, 0.6) is 0 Å². The highest BCUT2D eigenvalue weighted by atomic mass is 16.1. The first-order valence-electron chi connectivity index (χ1n) is 7.89. The average Bonchev–Trinajstić information content (AvgIpc) is 3.04. The zero-order chi connectivity index (χ0) is 17.6. The Kier molecular flexibility index (Phi) is 4.89. The summed E-state index contributed by atoms with van der Waals surface area (Å²) in [4.78, 5) is 20.4. The highest BCUT2D eigenvalue weighted by Gasteiger charge is 2.16. The van der Waals surface area contributed by atoms with Crippen molar-refractivity contribution in [2.24, 2.45) is 10.7 Å². The minimum atomic E-state index is -0.199. The van der Waals surface area contributed by atoms with Gasteiger partial charge in [-0.1, -0.05) is 48.5 Å². The summed E-state index contributed by atoms with van der Waals surface area (Å²) in [5.74, 6) is 0.588. The Morgan fingerprint density at radius 2 is 1.76 bits per heavy atom. The second-order valence-corrected chi connectivity index (χ2v) is 5.52. The van der Waals surface area contributed by atoms with Crippen LogP contribution in [0.25, 0.3) is 5.69 Å². The van der Waals surface area contributed by atoms with E-state index in [2.05, 4.69) is 15.3 Å². The number of aliphatic imine (C=N–C) groups is 1. The number of imidazole rings is 1. The molecule has 0 aliphatic heterocycles. The van der Waals surface area contributed by atoms with E-state index in [0.717, 1.165) is 11.3 Å². The minimum absolute atomic E-state index is 0.199. The van der Waals surface area contributed by atoms with E-state index in [1.807, 2.05) is 60.7 Å². The van der Waals surface area contributed by atoms with Gasteiger partial charge in [0.2, 0.25) is 5.91 Å². The van der Waals surface area contributed by atoms with Gasteiger partial charge in [0.1, 0.15) is 23.7 Å². The number of aromatic nitrogens is 2. The zero-order valence-corrected chi connectivity index (χ0v) is 13.9. The fourth-order valence-electron chi connectivity index (χ4n) is 2.44. The Bertz CT molecular complexity index is 885. The summed E-state index contributed by atoms with van der Waals surface area (Å²) in [5.41, 5.74) is 8.51. The molecule has 0 saturated heterocycles. The molecule has 1 aromatic heterocycles. The van der Waals surface area contributed by atoms with Crippen molar-refractivity contribution in [2.45, 2.75) is 13.5 Å². The molecule has 25 heavy (non-hydrogen) atoms. The molecule has 3 N–H and O–H groups in total. The van der Waals surface area contributed by atoms with Crippen LogP contribution in [-0.2, 0) is 11.3 Å². The molecule has 0 radical (unpaired) electrons. The third kappa shape index (κ3) is 3.92.